The Morgan fingerprint density at radius 3 is 0.130 bits per heavy atom. The summed E-state index contributed by atoms with van der Waals surface area (Å²) in [4.78, 5) is 0. The quantitative estimate of drug-likeness (QED) is 0.120. The van der Waals surface area contributed by atoms with E-state index in [0.717, 1.165) is 56.9 Å². The van der Waals surface area contributed by atoms with E-state index in [1.165, 1.54) is 244 Å². The zero-order chi connectivity index (χ0) is 42.9. The first-order valence-electron chi connectivity index (χ1n) is 22.6. The van der Waals surface area contributed by atoms with E-state index in [4.69, 9.17) is 40.9 Å². The van der Waals surface area contributed by atoms with E-state index in [-0.39, 0.29) is 0 Å². The molecule has 1 aliphatic rings. The smallest absolute Gasteiger partial charge is 0.0319 e. The Kier molecular flexibility index (Phi) is 131. The minimum atomic E-state index is 1.00. The van der Waals surface area contributed by atoms with Crippen LogP contribution in [0.1, 0.15) is 244 Å². The van der Waals surface area contributed by atoms with Gasteiger partial charge in [0.1, 0.15) is 0 Å². The minimum absolute atomic E-state index is 1.00. The molecular weight excluding hydrogens is 680 g/mol. The Morgan fingerprint density at radius 2 is 0.111 bits per heavy atom. The van der Waals surface area contributed by atoms with Gasteiger partial charge in [-0.2, -0.15) is 0 Å². The van der Waals surface area contributed by atoms with Crippen LogP contribution in [-0.4, -0.2) is 97.7 Å². The molecule has 0 bridgehead atoms. The summed E-state index contributed by atoms with van der Waals surface area (Å²) >= 11 is 0. The summed E-state index contributed by atoms with van der Waals surface area (Å²) in [6.07, 6.45) is 57.0. The molecule has 0 aromatic heterocycles. The average Bonchev–Trinajstić information content (AvgIpc) is 3.26. The normalized spacial score (nSPS) is 17.8. The van der Waals surface area contributed by atoms with Crippen molar-refractivity contribution >= 4 is 0 Å². The van der Waals surface area contributed by atoms with E-state index in [1.807, 2.05) is 0 Å². The van der Waals surface area contributed by atoms with Gasteiger partial charge in [-0.05, 0) is 0 Å². The molecule has 1 saturated carbocycles. The lowest BCUT2D eigenvalue weighted by Crippen LogP contribution is -1.85. The molecule has 0 aliphatic heterocycles. The lowest BCUT2D eigenvalue weighted by molar-refractivity contribution is 0.399. The molecule has 8 nitrogen and oxygen atoms in total. The number of aliphatic hydroxyl groups is 8. The molecule has 340 valence electrons. The van der Waals surface area contributed by atoms with Gasteiger partial charge in [-0.25, -0.2) is 0 Å². The largest absolute Gasteiger partial charge is 0.400 e. The lowest BCUT2D eigenvalue weighted by Gasteiger charge is -2.05. The van der Waals surface area contributed by atoms with Crippen LogP contribution in [0.4, 0.5) is 0 Å². The molecule has 1 rings (SSSR count). The molecule has 8 heteroatoms. The van der Waals surface area contributed by atoms with Crippen molar-refractivity contribution in [3.8, 4) is 0 Å². The van der Waals surface area contributed by atoms with Crippen molar-refractivity contribution in [1.82, 2.24) is 0 Å². The van der Waals surface area contributed by atoms with Crippen molar-refractivity contribution in [2.24, 2.45) is 0 Å². The maximum atomic E-state index is 7.00. The molecule has 1 fully saturated rings. The fourth-order valence-electron chi connectivity index (χ4n) is 6.72. The van der Waals surface area contributed by atoms with Crippen LogP contribution < -0.4 is 0 Å². The van der Waals surface area contributed by atoms with Crippen molar-refractivity contribution in [2.75, 3.05) is 56.9 Å². The van der Waals surface area contributed by atoms with Crippen LogP contribution in [0.25, 0.3) is 0 Å². The molecule has 0 spiro atoms. The van der Waals surface area contributed by atoms with Gasteiger partial charge in [-0.15, -0.1) is 0 Å². The van der Waals surface area contributed by atoms with E-state index in [2.05, 4.69) is 0 Å². The van der Waals surface area contributed by atoms with Crippen molar-refractivity contribution in [3.05, 3.63) is 0 Å². The summed E-state index contributed by atoms with van der Waals surface area (Å²) in [6.45, 7) is 0. The highest BCUT2D eigenvalue weighted by atomic mass is 16.2. The van der Waals surface area contributed by atoms with Gasteiger partial charge in [0.25, 0.3) is 0 Å². The second kappa shape index (κ2) is 99.1. The predicted molar refractivity (Wildman–Crippen MR) is 241 cm³/mol. The van der Waals surface area contributed by atoms with Crippen LogP contribution in [0.2, 0.25) is 0 Å². The fourth-order valence-corrected chi connectivity index (χ4v) is 6.72. The summed E-state index contributed by atoms with van der Waals surface area (Å²) < 4.78 is 0. The Morgan fingerprint density at radius 1 is 0.0926 bits per heavy atom. The first-order chi connectivity index (χ1) is 27.0. The molecule has 0 aromatic carbocycles. The van der Waals surface area contributed by atoms with Crippen molar-refractivity contribution < 1.29 is 40.9 Å². The van der Waals surface area contributed by atoms with Crippen LogP contribution in [0, 0.1) is 0 Å². The standard InChI is InChI=1S/C38H76.8CH4O/c1-2-4-6-8-10-12-14-16-18-20-22-24-26-28-30-32-34-36-38-37-35-33-31-29-27-25-23-21-19-17-15-13-11-9-7-5-3-1;8*1-2/h1-38H2;8*2H,1H3. The van der Waals surface area contributed by atoms with E-state index < -0.39 is 0 Å². The van der Waals surface area contributed by atoms with Gasteiger partial charge < -0.3 is 40.9 Å². The molecule has 0 saturated heterocycles. The third-order valence-corrected chi connectivity index (χ3v) is 9.50. The highest BCUT2D eigenvalue weighted by molar-refractivity contribution is 4.54. The van der Waals surface area contributed by atoms with Gasteiger partial charge in [0.2, 0.25) is 0 Å². The molecule has 0 amide bonds. The second-order valence-corrected chi connectivity index (χ2v) is 13.4. The highest BCUT2D eigenvalue weighted by Crippen LogP contribution is 2.18. The Bertz CT molecular complexity index is 232. The third-order valence-electron chi connectivity index (χ3n) is 9.50. The molecule has 54 heavy (non-hydrogen) atoms. The molecule has 0 aromatic rings. The third kappa shape index (κ3) is 93.5. The van der Waals surface area contributed by atoms with E-state index in [1.54, 1.807) is 0 Å². The summed E-state index contributed by atoms with van der Waals surface area (Å²) in [7, 11) is 8.00. The summed E-state index contributed by atoms with van der Waals surface area (Å²) in [5.74, 6) is 0. The van der Waals surface area contributed by atoms with Gasteiger partial charge in [0.05, 0.1) is 0 Å². The van der Waals surface area contributed by atoms with Gasteiger partial charge in [-0.3, -0.25) is 0 Å². The first kappa shape index (κ1) is 71.4. The highest BCUT2D eigenvalue weighted by Gasteiger charge is 1.98. The lowest BCUT2D eigenvalue weighted by atomic mass is 10.0. The van der Waals surface area contributed by atoms with Crippen molar-refractivity contribution in [3.63, 3.8) is 0 Å². The van der Waals surface area contributed by atoms with Crippen LogP contribution >= 0.6 is 0 Å². The number of aliphatic hydroxyl groups excluding tert-OH is 8. The number of hydrogen-bond acceptors (Lipinski definition) is 8. The second-order valence-electron chi connectivity index (χ2n) is 13.4. The maximum Gasteiger partial charge on any atom is 0.0319 e. The summed E-state index contributed by atoms with van der Waals surface area (Å²) in [5, 5.41) is 56.0. The molecule has 0 unspecified atom stereocenters. The Hall–Kier alpha value is -0.320. The number of hydrogen-bond donors (Lipinski definition) is 8. The van der Waals surface area contributed by atoms with Crippen LogP contribution in [-0.2, 0) is 0 Å². The fraction of sp³-hybridized carbons (Fsp3) is 1.00. The van der Waals surface area contributed by atoms with Crippen molar-refractivity contribution in [1.29, 1.82) is 0 Å². The van der Waals surface area contributed by atoms with Gasteiger partial charge in [-0.1, -0.05) is 244 Å². The van der Waals surface area contributed by atoms with Crippen LogP contribution in [0.3, 0.4) is 0 Å². The van der Waals surface area contributed by atoms with Gasteiger partial charge >= 0.3 is 0 Å². The van der Waals surface area contributed by atoms with E-state index in [0.29, 0.717) is 0 Å². The minimum Gasteiger partial charge on any atom is -0.400 e. The van der Waals surface area contributed by atoms with Crippen LogP contribution in [0.5, 0.6) is 0 Å². The van der Waals surface area contributed by atoms with Gasteiger partial charge in [0.15, 0.2) is 0 Å². The van der Waals surface area contributed by atoms with E-state index >= 15 is 0 Å². The Labute approximate surface area is 341 Å². The van der Waals surface area contributed by atoms with Crippen molar-refractivity contribution in [2.45, 2.75) is 244 Å². The SMILES string of the molecule is C1CCCCCCCCCCCCCCCCCCCCCCCCCCCCCCCCCCCCC1.CO.CO.CO.CO.CO.CO.CO.CO. The first-order valence-corrected chi connectivity index (χ1v) is 22.6. The number of rotatable bonds is 0. The van der Waals surface area contributed by atoms with Gasteiger partial charge in [0, 0.05) is 56.9 Å². The molecule has 0 atom stereocenters. The summed E-state index contributed by atoms with van der Waals surface area (Å²) in [5.41, 5.74) is 0. The maximum absolute atomic E-state index is 7.00. The average molecular weight is 789 g/mol. The topological polar surface area (TPSA) is 162 Å². The molecular formula is C46H108O8. The zero-order valence-electron chi connectivity index (χ0n) is 38.4. The Balaban J connectivity index is -0.000000194. The molecule has 0 heterocycles. The zero-order valence-corrected chi connectivity index (χ0v) is 38.4. The predicted octanol–water partition coefficient (Wildman–Crippen LogP) is 11.7. The molecule has 0 radical (unpaired) electrons. The van der Waals surface area contributed by atoms with E-state index in [9.17, 15) is 0 Å². The monoisotopic (exact) mass is 789 g/mol. The summed E-state index contributed by atoms with van der Waals surface area (Å²) in [6, 6.07) is 0. The van der Waals surface area contributed by atoms with Crippen LogP contribution in [0.15, 0.2) is 0 Å². The molecule has 8 N–H and O–H groups in total. The molecule has 1 aliphatic carbocycles.